The molecule has 2 rings (SSSR count). The van der Waals surface area contributed by atoms with Gasteiger partial charge in [-0.2, -0.15) is 5.10 Å². The van der Waals surface area contributed by atoms with Crippen LogP contribution in [0.15, 0.2) is 35.6 Å². The second kappa shape index (κ2) is 6.75. The molecule has 0 fully saturated rings. The predicted molar refractivity (Wildman–Crippen MR) is 82.9 cm³/mol. The third-order valence-corrected chi connectivity index (χ3v) is 2.89. The van der Waals surface area contributed by atoms with E-state index in [0.29, 0.717) is 11.7 Å². The average Bonchev–Trinajstić information content (AvgIpc) is 2.83. The molecule has 2 N–H and O–H groups in total. The van der Waals surface area contributed by atoms with E-state index in [0.717, 1.165) is 11.3 Å². The van der Waals surface area contributed by atoms with E-state index in [1.54, 1.807) is 31.5 Å². The summed E-state index contributed by atoms with van der Waals surface area (Å²) in [6, 6.07) is 7.15. The summed E-state index contributed by atoms with van der Waals surface area (Å²) >= 11 is 0. The van der Waals surface area contributed by atoms with E-state index < -0.39 is 12.1 Å². The number of nitrogens with two attached hydrogens (primary N) is 1. The predicted octanol–water partition coefficient (Wildman–Crippen LogP) is 1.60. The molecule has 0 saturated carbocycles. The number of imidazole rings is 1. The number of carbonyl (C=O) groups excluding carboxylic acids is 1. The van der Waals surface area contributed by atoms with Gasteiger partial charge in [0.25, 0.3) is 0 Å². The maximum atomic E-state index is 11.3. The first kappa shape index (κ1) is 15.6. The van der Waals surface area contributed by atoms with Crippen LogP contribution < -0.4 is 10.5 Å². The zero-order valence-corrected chi connectivity index (χ0v) is 12.7. The van der Waals surface area contributed by atoms with Gasteiger partial charge in [0.1, 0.15) is 5.75 Å². The van der Waals surface area contributed by atoms with Gasteiger partial charge in [-0.3, -0.25) is 0 Å². The van der Waals surface area contributed by atoms with Crippen molar-refractivity contribution in [1.82, 2.24) is 9.66 Å². The Bertz CT molecular complexity index is 677. The molecule has 7 nitrogen and oxygen atoms in total. The van der Waals surface area contributed by atoms with E-state index in [1.165, 1.54) is 11.8 Å². The van der Waals surface area contributed by atoms with E-state index in [4.69, 9.17) is 10.5 Å². The Hall–Kier alpha value is -2.83. The maximum absolute atomic E-state index is 11.3. The average molecular weight is 302 g/mol. The zero-order chi connectivity index (χ0) is 16.1. The lowest BCUT2D eigenvalue weighted by Gasteiger charge is -2.12. The number of ether oxygens (including phenoxy) is 2. The second-order valence-electron chi connectivity index (χ2n) is 4.68. The van der Waals surface area contributed by atoms with Gasteiger partial charge in [0, 0.05) is 0 Å². The van der Waals surface area contributed by atoms with Crippen LogP contribution in [0.5, 0.6) is 5.75 Å². The van der Waals surface area contributed by atoms with E-state index in [1.807, 2.05) is 19.1 Å². The number of aryl methyl sites for hydroxylation is 1. The topological polar surface area (TPSA) is 91.7 Å². The van der Waals surface area contributed by atoms with Crippen LogP contribution in [0.25, 0.3) is 0 Å². The Labute approximate surface area is 128 Å². The minimum atomic E-state index is -0.654. The first-order valence-electron chi connectivity index (χ1n) is 6.70. The van der Waals surface area contributed by atoms with Gasteiger partial charge in [0.2, 0.25) is 5.95 Å². The minimum Gasteiger partial charge on any atom is -0.479 e. The lowest BCUT2D eigenvalue weighted by molar-refractivity contribution is -0.147. The summed E-state index contributed by atoms with van der Waals surface area (Å²) < 4.78 is 11.6. The molecule has 1 aromatic carbocycles. The van der Waals surface area contributed by atoms with Crippen molar-refractivity contribution in [3.8, 4) is 5.75 Å². The molecule has 0 amide bonds. The molecule has 116 valence electrons. The number of aromatic nitrogens is 2. The molecule has 0 spiro atoms. The van der Waals surface area contributed by atoms with Crippen LogP contribution in [-0.4, -0.2) is 35.1 Å². The third-order valence-electron chi connectivity index (χ3n) is 2.89. The molecule has 1 atom stereocenters. The Kier molecular flexibility index (Phi) is 4.77. The summed E-state index contributed by atoms with van der Waals surface area (Å²) in [5.74, 6) is 0.491. The van der Waals surface area contributed by atoms with Crippen molar-refractivity contribution in [2.24, 2.45) is 5.10 Å². The Morgan fingerprint density at radius 2 is 2.09 bits per heavy atom. The summed E-state index contributed by atoms with van der Waals surface area (Å²) in [5, 5.41) is 4.22. The Balaban J connectivity index is 2.03. The highest BCUT2D eigenvalue weighted by molar-refractivity contribution is 5.79. The molecule has 22 heavy (non-hydrogen) atoms. The zero-order valence-electron chi connectivity index (χ0n) is 12.7. The van der Waals surface area contributed by atoms with Crippen LogP contribution in [0.1, 0.15) is 18.2 Å². The molecule has 7 heteroatoms. The van der Waals surface area contributed by atoms with E-state index in [-0.39, 0.29) is 0 Å². The normalized spacial score (nSPS) is 12.3. The molecule has 1 aromatic heterocycles. The van der Waals surface area contributed by atoms with Gasteiger partial charge in [-0.05, 0) is 43.7 Å². The summed E-state index contributed by atoms with van der Waals surface area (Å²) in [6.45, 7) is 3.47. The van der Waals surface area contributed by atoms with Gasteiger partial charge < -0.3 is 15.2 Å². The molecule has 0 saturated heterocycles. The van der Waals surface area contributed by atoms with Crippen molar-refractivity contribution < 1.29 is 14.3 Å². The third kappa shape index (κ3) is 3.85. The van der Waals surface area contributed by atoms with E-state index in [9.17, 15) is 4.79 Å². The van der Waals surface area contributed by atoms with Crippen LogP contribution in [0.2, 0.25) is 0 Å². The SMILES string of the molecule is COC(=O)C(C)Oc1ccc(C=Nn2cc(C)nc2N)cc1. The number of carbonyl (C=O) groups is 1. The molecule has 0 radical (unpaired) electrons. The number of hydrogen-bond donors (Lipinski definition) is 1. The van der Waals surface area contributed by atoms with Crippen LogP contribution in [0.3, 0.4) is 0 Å². The maximum Gasteiger partial charge on any atom is 0.346 e. The Morgan fingerprint density at radius 1 is 1.41 bits per heavy atom. The Morgan fingerprint density at radius 3 is 2.64 bits per heavy atom. The summed E-state index contributed by atoms with van der Waals surface area (Å²) in [4.78, 5) is 15.3. The standard InChI is InChI=1S/C15H18N4O3/c1-10-9-19(15(16)18-10)17-8-12-4-6-13(7-5-12)22-11(2)14(20)21-3/h4-9,11H,1-3H3,(H2,16,18). The number of nitrogen functional groups attached to an aromatic ring is 1. The van der Waals surface area contributed by atoms with Gasteiger partial charge in [-0.1, -0.05) is 0 Å². The fourth-order valence-corrected chi connectivity index (χ4v) is 1.78. The van der Waals surface area contributed by atoms with Gasteiger partial charge in [0.05, 0.1) is 25.2 Å². The number of hydrogen-bond acceptors (Lipinski definition) is 6. The molecule has 1 unspecified atom stereocenters. The lowest BCUT2D eigenvalue weighted by Crippen LogP contribution is -2.24. The molecule has 1 heterocycles. The van der Waals surface area contributed by atoms with Gasteiger partial charge >= 0.3 is 5.97 Å². The van der Waals surface area contributed by atoms with Gasteiger partial charge in [-0.25, -0.2) is 14.5 Å². The quantitative estimate of drug-likeness (QED) is 0.669. The lowest BCUT2D eigenvalue weighted by atomic mass is 10.2. The van der Waals surface area contributed by atoms with Crippen LogP contribution in [0.4, 0.5) is 5.95 Å². The first-order valence-corrected chi connectivity index (χ1v) is 6.70. The van der Waals surface area contributed by atoms with Crippen LogP contribution in [0, 0.1) is 6.92 Å². The largest absolute Gasteiger partial charge is 0.479 e. The van der Waals surface area contributed by atoms with Crippen molar-refractivity contribution in [3.05, 3.63) is 41.7 Å². The number of anilines is 1. The number of methoxy groups -OCH3 is 1. The molecule has 0 aliphatic heterocycles. The highest BCUT2D eigenvalue weighted by Gasteiger charge is 2.14. The van der Waals surface area contributed by atoms with Crippen molar-refractivity contribution >= 4 is 18.1 Å². The minimum absolute atomic E-state index is 0.334. The molecular formula is C15H18N4O3. The highest BCUT2D eigenvalue weighted by Crippen LogP contribution is 2.14. The number of rotatable bonds is 5. The summed E-state index contributed by atoms with van der Waals surface area (Å²) in [7, 11) is 1.32. The number of esters is 1. The van der Waals surface area contributed by atoms with Crippen LogP contribution in [-0.2, 0) is 9.53 Å². The highest BCUT2D eigenvalue weighted by atomic mass is 16.6. The van der Waals surface area contributed by atoms with Crippen molar-refractivity contribution in [1.29, 1.82) is 0 Å². The summed E-state index contributed by atoms with van der Waals surface area (Å²) in [6.07, 6.45) is 2.74. The fourth-order valence-electron chi connectivity index (χ4n) is 1.78. The van der Waals surface area contributed by atoms with Crippen molar-refractivity contribution in [2.45, 2.75) is 20.0 Å². The molecule has 0 aliphatic carbocycles. The summed E-state index contributed by atoms with van der Waals surface area (Å²) in [5.41, 5.74) is 7.37. The van der Waals surface area contributed by atoms with E-state index in [2.05, 4.69) is 14.8 Å². The monoisotopic (exact) mass is 302 g/mol. The smallest absolute Gasteiger partial charge is 0.346 e. The molecule has 2 aromatic rings. The molecule has 0 aliphatic rings. The van der Waals surface area contributed by atoms with E-state index >= 15 is 0 Å². The van der Waals surface area contributed by atoms with Crippen LogP contribution >= 0.6 is 0 Å². The number of nitrogens with zero attached hydrogens (tertiary/aromatic N) is 3. The van der Waals surface area contributed by atoms with Crippen molar-refractivity contribution in [2.75, 3.05) is 12.8 Å². The van der Waals surface area contributed by atoms with Gasteiger partial charge in [-0.15, -0.1) is 0 Å². The second-order valence-corrected chi connectivity index (χ2v) is 4.68. The number of benzene rings is 1. The fraction of sp³-hybridized carbons (Fsp3) is 0.267. The molecular weight excluding hydrogens is 284 g/mol. The van der Waals surface area contributed by atoms with Gasteiger partial charge in [0.15, 0.2) is 6.10 Å². The first-order chi connectivity index (χ1) is 10.5. The molecule has 0 bridgehead atoms. The van der Waals surface area contributed by atoms with Crippen molar-refractivity contribution in [3.63, 3.8) is 0 Å².